The van der Waals surface area contributed by atoms with Gasteiger partial charge >= 0.3 is 0 Å². The number of aliphatic hydroxyl groups excluding tert-OH is 2. The Balaban J connectivity index is 1.84. The lowest BCUT2D eigenvalue weighted by Crippen LogP contribution is -2.42. The summed E-state index contributed by atoms with van der Waals surface area (Å²) in [7, 11) is 0. The predicted octanol–water partition coefficient (Wildman–Crippen LogP) is 2.91. The van der Waals surface area contributed by atoms with E-state index < -0.39 is 29.3 Å². The molecule has 0 radical (unpaired) electrons. The maximum Gasteiger partial charge on any atom is 0.252 e. The van der Waals surface area contributed by atoms with Crippen molar-refractivity contribution in [3.05, 3.63) is 51.3 Å². The molecule has 9 heteroatoms. The van der Waals surface area contributed by atoms with Gasteiger partial charge < -0.3 is 26.4 Å². The molecule has 1 aromatic carbocycles. The average Bonchev–Trinajstić information content (AvgIpc) is 2.63. The quantitative estimate of drug-likeness (QED) is 0.442. The van der Waals surface area contributed by atoms with Crippen molar-refractivity contribution < 1.29 is 29.7 Å². The summed E-state index contributed by atoms with van der Waals surface area (Å²) in [6.45, 7) is 5.08. The van der Waals surface area contributed by atoms with Gasteiger partial charge in [0.15, 0.2) is 11.5 Å². The highest BCUT2D eigenvalue weighted by Crippen LogP contribution is 2.53. The first kappa shape index (κ1) is 21.0. The fraction of sp³-hybridized carbons (Fsp3) is 0.318. The Bertz CT molecular complexity index is 1150. The minimum Gasteiger partial charge on any atom is -0.511 e. The molecule has 3 aliphatic rings. The first-order chi connectivity index (χ1) is 14.5. The fourth-order valence-corrected chi connectivity index (χ4v) is 5.41. The van der Waals surface area contributed by atoms with Gasteiger partial charge in [-0.3, -0.25) is 14.4 Å². The van der Waals surface area contributed by atoms with E-state index in [0.29, 0.717) is 18.4 Å². The molecule has 6 N–H and O–H groups in total. The molecule has 3 atom stereocenters. The van der Waals surface area contributed by atoms with Crippen molar-refractivity contribution in [3.63, 3.8) is 0 Å². The van der Waals surface area contributed by atoms with Crippen LogP contribution in [0.25, 0.3) is 5.76 Å². The van der Waals surface area contributed by atoms with Crippen LogP contribution in [0.4, 0.5) is 5.69 Å². The first-order valence-electron chi connectivity index (χ1n) is 9.73. The molecule has 4 rings (SSSR count). The molecule has 1 saturated carbocycles. The predicted molar refractivity (Wildman–Crippen MR) is 113 cm³/mol. The van der Waals surface area contributed by atoms with Gasteiger partial charge in [-0.1, -0.05) is 18.2 Å². The van der Waals surface area contributed by atoms with Crippen LogP contribution in [0.3, 0.4) is 0 Å². The maximum absolute atomic E-state index is 13.4. The number of amides is 2. The van der Waals surface area contributed by atoms with Crippen LogP contribution >= 0.6 is 11.6 Å². The Morgan fingerprint density at radius 1 is 1.26 bits per heavy atom. The molecule has 162 valence electrons. The standard InChI is InChI=1S/C22H21ClN2O6/c1-7-14-11(6-13(27)15(7)22(24)31)4-9-3-10-5-12(23)18(25-8(2)26)21(30)17(10)20(29)16(9)19(14)28/h5,9,11,14,27,29-30H,1,3-4,6H2,2H3,(H2,24,31)(H,25,26). The number of allylic oxidation sites excluding steroid dienone is 2. The molecular weight excluding hydrogens is 424 g/mol. The number of phenolic OH excluding ortho intramolecular Hbond substituents is 1. The van der Waals surface area contributed by atoms with Crippen LogP contribution in [-0.4, -0.2) is 32.9 Å². The largest absolute Gasteiger partial charge is 0.511 e. The molecule has 0 bridgehead atoms. The molecule has 0 heterocycles. The molecular formula is C22H21ClN2O6. The third-order valence-electron chi connectivity index (χ3n) is 6.30. The van der Waals surface area contributed by atoms with Gasteiger partial charge in [-0.15, -0.1) is 0 Å². The highest BCUT2D eigenvalue weighted by Gasteiger charge is 2.49. The molecule has 3 aliphatic carbocycles. The van der Waals surface area contributed by atoms with Crippen LogP contribution in [0, 0.1) is 17.8 Å². The minimum absolute atomic E-state index is 0.0427. The summed E-state index contributed by atoms with van der Waals surface area (Å²) in [6.07, 6.45) is 0.895. The summed E-state index contributed by atoms with van der Waals surface area (Å²) >= 11 is 6.22. The molecule has 1 fully saturated rings. The number of carbonyl (C=O) groups is 3. The highest BCUT2D eigenvalue weighted by atomic mass is 35.5. The van der Waals surface area contributed by atoms with Crippen LogP contribution in [0.5, 0.6) is 5.75 Å². The van der Waals surface area contributed by atoms with Gasteiger partial charge in [0.2, 0.25) is 5.91 Å². The lowest BCUT2D eigenvalue weighted by Gasteiger charge is -2.42. The molecule has 1 aromatic rings. The SMILES string of the molecule is C=C1C(C(N)=O)=C(O)CC2CC3Cc4cc(Cl)c(NC(C)=O)c(O)c4C(O)=C3C(=O)C12. The lowest BCUT2D eigenvalue weighted by atomic mass is 9.60. The number of carbonyl (C=O) groups excluding carboxylic acids is 3. The Morgan fingerprint density at radius 3 is 2.55 bits per heavy atom. The number of hydrogen-bond acceptors (Lipinski definition) is 6. The van der Waals surface area contributed by atoms with E-state index in [2.05, 4.69) is 11.9 Å². The van der Waals surface area contributed by atoms with E-state index in [-0.39, 0.29) is 62.8 Å². The molecule has 0 aliphatic heterocycles. The molecule has 0 aromatic heterocycles. The van der Waals surface area contributed by atoms with Crippen LogP contribution in [0.15, 0.2) is 35.1 Å². The average molecular weight is 445 g/mol. The van der Waals surface area contributed by atoms with E-state index in [1.807, 2.05) is 0 Å². The minimum atomic E-state index is -0.865. The number of benzene rings is 1. The Labute approximate surface area is 182 Å². The van der Waals surface area contributed by atoms with Gasteiger partial charge in [0.1, 0.15) is 17.2 Å². The summed E-state index contributed by atoms with van der Waals surface area (Å²) in [4.78, 5) is 36.7. The van der Waals surface area contributed by atoms with E-state index in [1.165, 1.54) is 6.92 Å². The van der Waals surface area contributed by atoms with Gasteiger partial charge in [0.05, 0.1) is 22.1 Å². The molecule has 8 nitrogen and oxygen atoms in total. The van der Waals surface area contributed by atoms with Crippen LogP contribution in [0.2, 0.25) is 5.02 Å². The Morgan fingerprint density at radius 2 is 1.94 bits per heavy atom. The molecule has 0 spiro atoms. The number of fused-ring (bicyclic) bond motifs is 3. The number of aliphatic hydroxyl groups is 2. The van der Waals surface area contributed by atoms with E-state index in [9.17, 15) is 29.7 Å². The second-order valence-corrected chi connectivity index (χ2v) is 8.62. The van der Waals surface area contributed by atoms with Crippen molar-refractivity contribution in [1.29, 1.82) is 0 Å². The summed E-state index contributed by atoms with van der Waals surface area (Å²) in [6, 6.07) is 1.55. The number of ketones is 1. The first-order valence-corrected chi connectivity index (χ1v) is 10.1. The second-order valence-electron chi connectivity index (χ2n) is 8.21. The molecule has 3 unspecified atom stereocenters. The van der Waals surface area contributed by atoms with Gasteiger partial charge in [-0.05, 0) is 41.9 Å². The summed E-state index contributed by atoms with van der Waals surface area (Å²) in [5.74, 6) is -4.20. The third kappa shape index (κ3) is 3.09. The Kier molecular flexibility index (Phi) is 4.85. The number of aromatic hydroxyl groups is 1. The van der Waals surface area contributed by atoms with Crippen molar-refractivity contribution >= 4 is 40.6 Å². The smallest absolute Gasteiger partial charge is 0.252 e. The zero-order valence-corrected chi connectivity index (χ0v) is 17.4. The third-order valence-corrected chi connectivity index (χ3v) is 6.59. The second kappa shape index (κ2) is 7.16. The molecule has 0 saturated heterocycles. The normalized spacial score (nSPS) is 25.0. The van der Waals surface area contributed by atoms with E-state index in [0.717, 1.165) is 0 Å². The summed E-state index contributed by atoms with van der Waals surface area (Å²) < 4.78 is 0. The molecule has 31 heavy (non-hydrogen) atoms. The van der Waals surface area contributed by atoms with Gasteiger partial charge in [0.25, 0.3) is 5.91 Å². The van der Waals surface area contributed by atoms with Crippen molar-refractivity contribution in [2.24, 2.45) is 23.5 Å². The number of nitrogens with two attached hydrogens (primary N) is 1. The zero-order chi connectivity index (χ0) is 22.8. The van der Waals surface area contributed by atoms with Crippen molar-refractivity contribution in [2.45, 2.75) is 26.2 Å². The lowest BCUT2D eigenvalue weighted by molar-refractivity contribution is -0.122. The highest BCUT2D eigenvalue weighted by molar-refractivity contribution is 6.34. The number of Topliss-reactive ketones (excluding diaryl/α,β-unsaturated/α-hetero) is 1. The number of phenols is 1. The van der Waals surface area contributed by atoms with Crippen LogP contribution in [0.1, 0.15) is 30.9 Å². The molecule has 2 amide bonds. The summed E-state index contributed by atoms with van der Waals surface area (Å²) in [5.41, 5.74) is 6.01. The Hall–Kier alpha value is -3.26. The summed E-state index contributed by atoms with van der Waals surface area (Å²) in [5, 5.41) is 34.6. The fourth-order valence-electron chi connectivity index (χ4n) is 5.14. The van der Waals surface area contributed by atoms with E-state index in [4.69, 9.17) is 17.3 Å². The monoisotopic (exact) mass is 444 g/mol. The number of halogens is 1. The van der Waals surface area contributed by atoms with E-state index in [1.54, 1.807) is 6.07 Å². The topological polar surface area (TPSA) is 150 Å². The number of hydrogen-bond donors (Lipinski definition) is 5. The number of nitrogens with one attached hydrogen (secondary N) is 1. The number of anilines is 1. The zero-order valence-electron chi connectivity index (χ0n) is 16.7. The van der Waals surface area contributed by atoms with Crippen LogP contribution < -0.4 is 11.1 Å². The van der Waals surface area contributed by atoms with Crippen molar-refractivity contribution in [1.82, 2.24) is 0 Å². The maximum atomic E-state index is 13.4. The number of rotatable bonds is 2. The van der Waals surface area contributed by atoms with E-state index >= 15 is 0 Å². The number of primary amides is 1. The van der Waals surface area contributed by atoms with Gasteiger partial charge in [-0.2, -0.15) is 0 Å². The van der Waals surface area contributed by atoms with Crippen LogP contribution in [-0.2, 0) is 20.8 Å². The van der Waals surface area contributed by atoms with Gasteiger partial charge in [0, 0.05) is 18.9 Å². The van der Waals surface area contributed by atoms with Crippen molar-refractivity contribution in [2.75, 3.05) is 5.32 Å². The van der Waals surface area contributed by atoms with Gasteiger partial charge in [-0.25, -0.2) is 0 Å². The van der Waals surface area contributed by atoms with Crippen molar-refractivity contribution in [3.8, 4) is 5.75 Å².